The Bertz CT molecular complexity index is 390. The van der Waals surface area contributed by atoms with Crippen molar-refractivity contribution in [2.24, 2.45) is 5.73 Å². The summed E-state index contributed by atoms with van der Waals surface area (Å²) < 4.78 is 0. The van der Waals surface area contributed by atoms with Crippen molar-refractivity contribution in [3.63, 3.8) is 0 Å². The summed E-state index contributed by atoms with van der Waals surface area (Å²) >= 11 is 0. The van der Waals surface area contributed by atoms with Crippen LogP contribution >= 0.6 is 0 Å². The molecule has 0 spiro atoms. The minimum Gasteiger partial charge on any atom is -0.337 e. The third-order valence-electron chi connectivity index (χ3n) is 5.06. The summed E-state index contributed by atoms with van der Waals surface area (Å²) in [5.74, 6) is -0.00447. The largest absolute Gasteiger partial charge is 0.337 e. The smallest absolute Gasteiger partial charge is 0.235 e. The Kier molecular flexibility index (Phi) is 5.60. The number of nitrogens with one attached hydrogen (secondary N) is 1. The summed E-state index contributed by atoms with van der Waals surface area (Å²) in [6.45, 7) is 3.37. The molecule has 0 atom stereocenters. The molecule has 5 nitrogen and oxygen atoms in total. The first kappa shape index (κ1) is 16.3. The molecule has 118 valence electrons. The number of carbonyl (C=O) groups is 1. The third-order valence-corrected chi connectivity index (χ3v) is 5.06. The lowest BCUT2D eigenvalue weighted by molar-refractivity contribution is -0.124. The molecule has 2 aliphatic carbocycles. The minimum absolute atomic E-state index is 0.00447. The highest BCUT2D eigenvalue weighted by Gasteiger charge is 2.36. The molecular weight excluding hydrogens is 264 g/mol. The molecular formula is C16H28N4O. The Balaban J connectivity index is 1.86. The van der Waals surface area contributed by atoms with Gasteiger partial charge in [-0.3, -0.25) is 9.69 Å². The van der Waals surface area contributed by atoms with Gasteiger partial charge in [-0.05, 0) is 57.9 Å². The fourth-order valence-electron chi connectivity index (χ4n) is 3.70. The van der Waals surface area contributed by atoms with Crippen molar-refractivity contribution in [1.82, 2.24) is 10.2 Å². The molecule has 0 unspecified atom stereocenters. The lowest BCUT2D eigenvalue weighted by Crippen LogP contribution is -2.51. The highest BCUT2D eigenvalue weighted by atomic mass is 16.2. The Morgan fingerprint density at radius 1 is 1.33 bits per heavy atom. The average molecular weight is 292 g/mol. The molecule has 2 rings (SSSR count). The summed E-state index contributed by atoms with van der Waals surface area (Å²) in [6.07, 6.45) is 7.89. The van der Waals surface area contributed by atoms with E-state index in [-0.39, 0.29) is 5.91 Å². The van der Waals surface area contributed by atoms with Crippen molar-refractivity contribution >= 4 is 5.91 Å². The average Bonchev–Trinajstić information content (AvgIpc) is 2.95. The predicted octanol–water partition coefficient (Wildman–Crippen LogP) is 1.53. The van der Waals surface area contributed by atoms with Crippen LogP contribution in [0.15, 0.2) is 0 Å². The lowest BCUT2D eigenvalue weighted by Gasteiger charge is -2.35. The van der Waals surface area contributed by atoms with Crippen LogP contribution in [0.25, 0.3) is 0 Å². The molecule has 2 saturated carbocycles. The second kappa shape index (κ2) is 7.24. The first-order chi connectivity index (χ1) is 10.1. The van der Waals surface area contributed by atoms with Crippen LogP contribution in [-0.2, 0) is 4.79 Å². The number of hydrogen-bond donors (Lipinski definition) is 2. The van der Waals surface area contributed by atoms with Gasteiger partial charge in [-0.1, -0.05) is 6.92 Å². The van der Waals surface area contributed by atoms with Gasteiger partial charge >= 0.3 is 0 Å². The zero-order valence-electron chi connectivity index (χ0n) is 13.1. The molecule has 2 fully saturated rings. The SMILES string of the molecule is CCN(CC(=O)NC1(C#N)CCCC1)C1CCC(N)CC1. The fraction of sp³-hybridized carbons (Fsp3) is 0.875. The summed E-state index contributed by atoms with van der Waals surface area (Å²) in [5, 5.41) is 12.3. The molecule has 0 aromatic heterocycles. The van der Waals surface area contributed by atoms with E-state index in [2.05, 4.69) is 23.2 Å². The summed E-state index contributed by atoms with van der Waals surface area (Å²) in [6, 6.07) is 3.11. The Morgan fingerprint density at radius 3 is 2.48 bits per heavy atom. The number of likely N-dealkylation sites (N-methyl/N-ethyl adjacent to an activating group) is 1. The lowest BCUT2D eigenvalue weighted by atomic mass is 9.90. The number of carbonyl (C=O) groups excluding carboxylic acids is 1. The maximum absolute atomic E-state index is 12.3. The number of nitrogens with zero attached hydrogens (tertiary/aromatic N) is 2. The standard InChI is InChI=1S/C16H28N4O/c1-2-20(14-7-5-13(18)6-8-14)11-15(21)19-16(12-17)9-3-4-10-16/h13-14H,2-11,18H2,1H3,(H,19,21). The van der Waals surface area contributed by atoms with Crippen LogP contribution in [0.2, 0.25) is 0 Å². The van der Waals surface area contributed by atoms with Gasteiger partial charge in [0, 0.05) is 12.1 Å². The number of amides is 1. The van der Waals surface area contributed by atoms with Crippen LogP contribution in [0.5, 0.6) is 0 Å². The normalized spacial score (nSPS) is 28.3. The molecule has 21 heavy (non-hydrogen) atoms. The zero-order chi connectivity index (χ0) is 15.3. The molecule has 1 amide bonds. The van der Waals surface area contributed by atoms with Gasteiger partial charge < -0.3 is 11.1 Å². The van der Waals surface area contributed by atoms with E-state index in [1.54, 1.807) is 0 Å². The summed E-state index contributed by atoms with van der Waals surface area (Å²) in [7, 11) is 0. The number of hydrogen-bond acceptors (Lipinski definition) is 4. The van der Waals surface area contributed by atoms with Crippen molar-refractivity contribution in [2.75, 3.05) is 13.1 Å². The number of nitrogens with two attached hydrogens (primary N) is 1. The third kappa shape index (κ3) is 4.18. The monoisotopic (exact) mass is 292 g/mol. The first-order valence-corrected chi connectivity index (χ1v) is 8.30. The highest BCUT2D eigenvalue weighted by molar-refractivity contribution is 5.79. The molecule has 0 aromatic carbocycles. The van der Waals surface area contributed by atoms with E-state index in [4.69, 9.17) is 5.73 Å². The van der Waals surface area contributed by atoms with Gasteiger partial charge in [0.15, 0.2) is 0 Å². The van der Waals surface area contributed by atoms with Crippen molar-refractivity contribution in [3.05, 3.63) is 0 Å². The van der Waals surface area contributed by atoms with Gasteiger partial charge in [-0.2, -0.15) is 5.26 Å². The molecule has 0 saturated heterocycles. The second-order valence-corrected chi connectivity index (χ2v) is 6.58. The fourth-order valence-corrected chi connectivity index (χ4v) is 3.70. The Labute approximate surface area is 127 Å². The quantitative estimate of drug-likeness (QED) is 0.805. The molecule has 0 radical (unpaired) electrons. The van der Waals surface area contributed by atoms with Crippen molar-refractivity contribution in [1.29, 1.82) is 5.26 Å². The van der Waals surface area contributed by atoms with Crippen LogP contribution in [0.4, 0.5) is 0 Å². The maximum Gasteiger partial charge on any atom is 0.235 e. The molecule has 5 heteroatoms. The summed E-state index contributed by atoms with van der Waals surface area (Å²) in [5.41, 5.74) is 5.34. The molecule has 2 aliphatic rings. The van der Waals surface area contributed by atoms with Crippen LogP contribution in [-0.4, -0.2) is 41.5 Å². The molecule has 0 bridgehead atoms. The van der Waals surface area contributed by atoms with Gasteiger partial charge in [0.1, 0.15) is 5.54 Å². The first-order valence-electron chi connectivity index (χ1n) is 8.30. The highest BCUT2D eigenvalue weighted by Crippen LogP contribution is 2.29. The van der Waals surface area contributed by atoms with Crippen LogP contribution < -0.4 is 11.1 Å². The van der Waals surface area contributed by atoms with E-state index in [9.17, 15) is 10.1 Å². The van der Waals surface area contributed by atoms with Crippen LogP contribution in [0.1, 0.15) is 58.3 Å². The van der Waals surface area contributed by atoms with Gasteiger partial charge in [0.05, 0.1) is 12.6 Å². The predicted molar refractivity (Wildman–Crippen MR) is 82.4 cm³/mol. The van der Waals surface area contributed by atoms with E-state index in [1.807, 2.05) is 0 Å². The zero-order valence-corrected chi connectivity index (χ0v) is 13.1. The minimum atomic E-state index is -0.606. The van der Waals surface area contributed by atoms with Crippen molar-refractivity contribution < 1.29 is 4.79 Å². The molecule has 0 aromatic rings. The van der Waals surface area contributed by atoms with Gasteiger partial charge in [0.2, 0.25) is 5.91 Å². The van der Waals surface area contributed by atoms with E-state index < -0.39 is 5.54 Å². The Hall–Kier alpha value is -1.12. The van der Waals surface area contributed by atoms with E-state index in [0.717, 1.165) is 57.9 Å². The maximum atomic E-state index is 12.3. The van der Waals surface area contributed by atoms with Crippen LogP contribution in [0.3, 0.4) is 0 Å². The second-order valence-electron chi connectivity index (χ2n) is 6.58. The topological polar surface area (TPSA) is 82.2 Å². The summed E-state index contributed by atoms with van der Waals surface area (Å²) in [4.78, 5) is 14.5. The van der Waals surface area contributed by atoms with Crippen molar-refractivity contribution in [2.45, 2.75) is 75.9 Å². The van der Waals surface area contributed by atoms with Gasteiger partial charge in [-0.25, -0.2) is 0 Å². The van der Waals surface area contributed by atoms with E-state index >= 15 is 0 Å². The van der Waals surface area contributed by atoms with Gasteiger partial charge in [-0.15, -0.1) is 0 Å². The molecule has 3 N–H and O–H groups in total. The van der Waals surface area contributed by atoms with Crippen LogP contribution in [0, 0.1) is 11.3 Å². The Morgan fingerprint density at radius 2 is 1.95 bits per heavy atom. The van der Waals surface area contributed by atoms with Crippen molar-refractivity contribution in [3.8, 4) is 6.07 Å². The van der Waals surface area contributed by atoms with Gasteiger partial charge in [0.25, 0.3) is 0 Å². The van der Waals surface area contributed by atoms with E-state index in [1.165, 1.54) is 0 Å². The molecule has 0 aliphatic heterocycles. The van der Waals surface area contributed by atoms with E-state index in [0.29, 0.717) is 18.6 Å². The number of rotatable bonds is 5. The number of nitriles is 1. The molecule has 0 heterocycles.